The van der Waals surface area contributed by atoms with Crippen LogP contribution in [0.5, 0.6) is 0 Å². The van der Waals surface area contributed by atoms with Gasteiger partial charge in [0, 0.05) is 30.8 Å². The summed E-state index contributed by atoms with van der Waals surface area (Å²) in [6.45, 7) is 4.05. The second kappa shape index (κ2) is 7.72. The van der Waals surface area contributed by atoms with Crippen LogP contribution in [0, 0.1) is 18.7 Å². The molecule has 1 aliphatic rings. The van der Waals surface area contributed by atoms with Crippen LogP contribution < -0.4 is 10.6 Å². The molecule has 1 aromatic heterocycles. The van der Waals surface area contributed by atoms with E-state index in [9.17, 15) is 9.18 Å². The molecule has 28 heavy (non-hydrogen) atoms. The predicted octanol–water partition coefficient (Wildman–Crippen LogP) is 4.02. The number of anilines is 1. The molecule has 4 rings (SSSR count). The zero-order valence-electron chi connectivity index (χ0n) is 16.3. The third-order valence-corrected chi connectivity index (χ3v) is 5.54. The molecular formula is C22H25FN4O. The number of rotatable bonds is 5. The van der Waals surface area contributed by atoms with E-state index < -0.39 is 0 Å². The molecule has 1 saturated heterocycles. The van der Waals surface area contributed by atoms with Crippen LogP contribution in [0.25, 0.3) is 22.4 Å². The molecule has 1 aliphatic heterocycles. The number of benzene rings is 2. The highest BCUT2D eigenvalue weighted by atomic mass is 19.1. The fourth-order valence-corrected chi connectivity index (χ4v) is 3.88. The predicted molar refractivity (Wildman–Crippen MR) is 110 cm³/mol. The Kier molecular flexibility index (Phi) is 5.13. The van der Waals surface area contributed by atoms with E-state index >= 15 is 0 Å². The quantitative estimate of drug-likeness (QED) is 0.703. The molecule has 2 heterocycles. The van der Waals surface area contributed by atoms with Crippen molar-refractivity contribution in [3.63, 3.8) is 0 Å². The highest BCUT2D eigenvalue weighted by Crippen LogP contribution is 2.27. The van der Waals surface area contributed by atoms with Crippen molar-refractivity contribution in [2.75, 3.05) is 18.4 Å². The topological polar surface area (TPSA) is 59.0 Å². The van der Waals surface area contributed by atoms with Gasteiger partial charge in [0.25, 0.3) is 0 Å². The van der Waals surface area contributed by atoms with E-state index in [2.05, 4.69) is 15.6 Å². The molecule has 0 saturated carbocycles. The Morgan fingerprint density at radius 1 is 1.32 bits per heavy atom. The number of hydrogen-bond donors (Lipinski definition) is 2. The normalized spacial score (nSPS) is 16.6. The summed E-state index contributed by atoms with van der Waals surface area (Å²) in [5.41, 5.74) is 4.25. The fraction of sp³-hybridized carbons (Fsp3) is 0.364. The molecule has 146 valence electrons. The maximum atomic E-state index is 13.5. The van der Waals surface area contributed by atoms with Crippen LogP contribution >= 0.6 is 0 Å². The minimum atomic E-state index is -0.292. The van der Waals surface area contributed by atoms with E-state index in [-0.39, 0.29) is 11.7 Å². The van der Waals surface area contributed by atoms with E-state index in [4.69, 9.17) is 0 Å². The lowest BCUT2D eigenvalue weighted by atomic mass is 10.0. The zero-order valence-corrected chi connectivity index (χ0v) is 16.3. The maximum absolute atomic E-state index is 13.5. The zero-order chi connectivity index (χ0) is 19.7. The van der Waals surface area contributed by atoms with E-state index in [1.807, 2.05) is 36.7 Å². The fourth-order valence-electron chi connectivity index (χ4n) is 3.88. The molecule has 0 spiro atoms. The second-order valence-electron chi connectivity index (χ2n) is 7.60. The van der Waals surface area contributed by atoms with Crippen LogP contribution in [0.3, 0.4) is 0 Å². The number of nitrogens with zero attached hydrogens (tertiary/aromatic N) is 2. The molecular weight excluding hydrogens is 355 g/mol. The first-order valence-corrected chi connectivity index (χ1v) is 9.75. The second-order valence-corrected chi connectivity index (χ2v) is 7.60. The van der Waals surface area contributed by atoms with Crippen molar-refractivity contribution in [2.24, 2.45) is 13.0 Å². The van der Waals surface area contributed by atoms with Gasteiger partial charge in [0.15, 0.2) is 0 Å². The molecule has 1 fully saturated rings. The van der Waals surface area contributed by atoms with E-state index in [0.717, 1.165) is 54.1 Å². The lowest BCUT2D eigenvalue weighted by Gasteiger charge is -2.12. The summed E-state index contributed by atoms with van der Waals surface area (Å²) in [6, 6.07) is 10.5. The van der Waals surface area contributed by atoms with Crippen LogP contribution in [-0.4, -0.2) is 28.5 Å². The molecule has 6 heteroatoms. The number of aromatic nitrogens is 2. The summed E-state index contributed by atoms with van der Waals surface area (Å²) in [5, 5.41) is 6.36. The van der Waals surface area contributed by atoms with Crippen LogP contribution in [-0.2, 0) is 11.8 Å². The Balaban J connectivity index is 1.50. The third kappa shape index (κ3) is 3.78. The van der Waals surface area contributed by atoms with Crippen molar-refractivity contribution in [3.05, 3.63) is 47.8 Å². The number of imidazole rings is 1. The van der Waals surface area contributed by atoms with Crippen molar-refractivity contribution >= 4 is 22.6 Å². The SMILES string of the molecule is Cc1cc(-c2nc3cc(F)ccc3n2C)ccc1NC(=O)CCC1CCNC1. The van der Waals surface area contributed by atoms with E-state index in [1.54, 1.807) is 6.07 Å². The Bertz CT molecular complexity index is 1020. The van der Waals surface area contributed by atoms with Crippen LogP contribution in [0.4, 0.5) is 10.1 Å². The number of halogens is 1. The molecule has 2 N–H and O–H groups in total. The lowest BCUT2D eigenvalue weighted by molar-refractivity contribution is -0.116. The third-order valence-electron chi connectivity index (χ3n) is 5.54. The Morgan fingerprint density at radius 3 is 2.93 bits per heavy atom. The molecule has 2 aromatic carbocycles. The van der Waals surface area contributed by atoms with Gasteiger partial charge in [0.1, 0.15) is 11.6 Å². The minimum absolute atomic E-state index is 0.0564. The molecule has 0 bridgehead atoms. The maximum Gasteiger partial charge on any atom is 0.224 e. The number of amides is 1. The first-order valence-electron chi connectivity index (χ1n) is 9.75. The van der Waals surface area contributed by atoms with Gasteiger partial charge in [0.05, 0.1) is 11.0 Å². The summed E-state index contributed by atoms with van der Waals surface area (Å²) in [7, 11) is 1.92. The molecule has 1 amide bonds. The van der Waals surface area contributed by atoms with Gasteiger partial charge >= 0.3 is 0 Å². The molecule has 0 radical (unpaired) electrons. The monoisotopic (exact) mass is 380 g/mol. The number of nitrogens with one attached hydrogen (secondary N) is 2. The van der Waals surface area contributed by atoms with Crippen molar-refractivity contribution in [3.8, 4) is 11.4 Å². The number of aryl methyl sites for hydroxylation is 2. The summed E-state index contributed by atoms with van der Waals surface area (Å²) in [6.07, 6.45) is 2.62. The standard InChI is InChI=1S/C22H25FN4O/c1-14-11-16(22-26-19-12-17(23)5-7-20(19)27(22)2)4-6-18(14)25-21(28)8-3-15-9-10-24-13-15/h4-7,11-12,15,24H,3,8-10,13H2,1-2H3,(H,25,28). The lowest BCUT2D eigenvalue weighted by Crippen LogP contribution is -2.15. The summed E-state index contributed by atoms with van der Waals surface area (Å²) in [5.74, 6) is 1.15. The Morgan fingerprint density at radius 2 is 2.18 bits per heavy atom. The summed E-state index contributed by atoms with van der Waals surface area (Å²) in [4.78, 5) is 16.9. The van der Waals surface area contributed by atoms with Gasteiger partial charge in [-0.05, 0) is 74.7 Å². The van der Waals surface area contributed by atoms with Crippen LogP contribution in [0.2, 0.25) is 0 Å². The molecule has 3 aromatic rings. The highest BCUT2D eigenvalue weighted by Gasteiger charge is 2.16. The summed E-state index contributed by atoms with van der Waals surface area (Å²) >= 11 is 0. The van der Waals surface area contributed by atoms with Gasteiger partial charge in [-0.3, -0.25) is 4.79 Å². The summed E-state index contributed by atoms with van der Waals surface area (Å²) < 4.78 is 15.4. The van der Waals surface area contributed by atoms with Crippen molar-refractivity contribution in [2.45, 2.75) is 26.2 Å². The van der Waals surface area contributed by atoms with Crippen molar-refractivity contribution < 1.29 is 9.18 Å². The van der Waals surface area contributed by atoms with Gasteiger partial charge < -0.3 is 15.2 Å². The Hall–Kier alpha value is -2.73. The Labute approximate surface area is 164 Å². The van der Waals surface area contributed by atoms with E-state index in [0.29, 0.717) is 17.9 Å². The molecule has 0 aliphatic carbocycles. The van der Waals surface area contributed by atoms with Crippen molar-refractivity contribution in [1.82, 2.24) is 14.9 Å². The highest BCUT2D eigenvalue weighted by molar-refractivity contribution is 5.92. The number of carbonyl (C=O) groups excluding carboxylic acids is 1. The first-order chi connectivity index (χ1) is 13.5. The number of hydrogen-bond acceptors (Lipinski definition) is 3. The largest absolute Gasteiger partial charge is 0.327 e. The van der Waals surface area contributed by atoms with Gasteiger partial charge in [-0.1, -0.05) is 0 Å². The van der Waals surface area contributed by atoms with Gasteiger partial charge in [0.2, 0.25) is 5.91 Å². The molecule has 5 nitrogen and oxygen atoms in total. The van der Waals surface area contributed by atoms with E-state index in [1.165, 1.54) is 12.1 Å². The number of fused-ring (bicyclic) bond motifs is 1. The van der Waals surface area contributed by atoms with Crippen molar-refractivity contribution in [1.29, 1.82) is 0 Å². The molecule has 1 atom stereocenters. The average Bonchev–Trinajstić information content (AvgIpc) is 3.30. The van der Waals surface area contributed by atoms with Gasteiger partial charge in [-0.15, -0.1) is 0 Å². The van der Waals surface area contributed by atoms with Gasteiger partial charge in [-0.25, -0.2) is 9.37 Å². The van der Waals surface area contributed by atoms with Gasteiger partial charge in [-0.2, -0.15) is 0 Å². The van der Waals surface area contributed by atoms with Crippen LogP contribution in [0.15, 0.2) is 36.4 Å². The van der Waals surface area contributed by atoms with Crippen LogP contribution in [0.1, 0.15) is 24.8 Å². The minimum Gasteiger partial charge on any atom is -0.327 e. The average molecular weight is 380 g/mol. The first kappa shape index (κ1) is 18.6. The number of carbonyl (C=O) groups is 1. The molecule has 1 unspecified atom stereocenters. The smallest absolute Gasteiger partial charge is 0.224 e.